The minimum Gasteiger partial charge on any atom is -0.287 e. The predicted molar refractivity (Wildman–Crippen MR) is 68.5 cm³/mol. The van der Waals surface area contributed by atoms with E-state index in [4.69, 9.17) is 0 Å². The van der Waals surface area contributed by atoms with Crippen LogP contribution in [0.2, 0.25) is 0 Å². The molecule has 1 aromatic heterocycles. The molecule has 0 N–H and O–H groups in total. The normalized spacial score (nSPS) is 10.5. The first-order valence-corrected chi connectivity index (χ1v) is 5.40. The average Bonchev–Trinajstić information content (AvgIpc) is 2.46. The molecule has 0 radical (unpaired) electrons. The van der Waals surface area contributed by atoms with Crippen LogP contribution in [0.25, 0.3) is 6.08 Å². The highest BCUT2D eigenvalue weighted by Crippen LogP contribution is 2.14. The molecule has 0 aliphatic carbocycles. The van der Waals surface area contributed by atoms with Crippen LogP contribution in [-0.2, 0) is 0 Å². The van der Waals surface area contributed by atoms with Gasteiger partial charge in [0.1, 0.15) is 5.69 Å². The number of allylic oxidation sites excluding steroid dienone is 1. The van der Waals surface area contributed by atoms with Crippen molar-refractivity contribution in [1.82, 2.24) is 9.97 Å². The van der Waals surface area contributed by atoms with Gasteiger partial charge in [0, 0.05) is 24.5 Å². The number of ketones is 1. The SMILES string of the molecule is O=C(/C=C/c1cccc([N+](=O)[O-])c1)c1cnccn1. The molecule has 0 bridgehead atoms. The zero-order chi connectivity index (χ0) is 13.7. The Balaban J connectivity index is 2.17. The summed E-state index contributed by atoms with van der Waals surface area (Å²) in [5.41, 5.74) is 0.782. The zero-order valence-electron chi connectivity index (χ0n) is 9.76. The van der Waals surface area contributed by atoms with Crippen molar-refractivity contribution < 1.29 is 9.72 Å². The number of carbonyl (C=O) groups is 1. The van der Waals surface area contributed by atoms with Crippen LogP contribution in [-0.4, -0.2) is 20.7 Å². The number of nitro groups is 1. The van der Waals surface area contributed by atoms with Crippen LogP contribution in [0.4, 0.5) is 5.69 Å². The second-order valence-corrected chi connectivity index (χ2v) is 3.64. The molecule has 94 valence electrons. The van der Waals surface area contributed by atoms with E-state index in [1.54, 1.807) is 12.1 Å². The lowest BCUT2D eigenvalue weighted by atomic mass is 10.1. The molecule has 1 aromatic carbocycles. The van der Waals surface area contributed by atoms with Gasteiger partial charge in [0.2, 0.25) is 5.78 Å². The van der Waals surface area contributed by atoms with Crippen molar-refractivity contribution in [2.45, 2.75) is 0 Å². The van der Waals surface area contributed by atoms with Gasteiger partial charge in [-0.2, -0.15) is 0 Å². The van der Waals surface area contributed by atoms with Gasteiger partial charge in [0.05, 0.1) is 11.1 Å². The summed E-state index contributed by atoms with van der Waals surface area (Å²) in [6, 6.07) is 6.01. The molecule has 19 heavy (non-hydrogen) atoms. The van der Waals surface area contributed by atoms with Crippen LogP contribution < -0.4 is 0 Å². The first-order valence-electron chi connectivity index (χ1n) is 5.40. The van der Waals surface area contributed by atoms with Gasteiger partial charge in [-0.3, -0.25) is 19.9 Å². The summed E-state index contributed by atoms with van der Waals surface area (Å²) in [5, 5.41) is 10.6. The van der Waals surface area contributed by atoms with Crippen molar-refractivity contribution in [2.24, 2.45) is 0 Å². The van der Waals surface area contributed by atoms with E-state index in [1.807, 2.05) is 0 Å². The average molecular weight is 255 g/mol. The Morgan fingerprint density at radius 2 is 2.16 bits per heavy atom. The van der Waals surface area contributed by atoms with Crippen LogP contribution in [0.15, 0.2) is 48.9 Å². The lowest BCUT2D eigenvalue weighted by Gasteiger charge is -1.95. The molecule has 0 aliphatic rings. The van der Waals surface area contributed by atoms with E-state index < -0.39 is 4.92 Å². The maximum atomic E-state index is 11.7. The number of rotatable bonds is 4. The third-order valence-electron chi connectivity index (χ3n) is 2.32. The Morgan fingerprint density at radius 3 is 2.84 bits per heavy atom. The molecule has 0 unspecified atom stereocenters. The Hall–Kier alpha value is -2.89. The maximum Gasteiger partial charge on any atom is 0.270 e. The second kappa shape index (κ2) is 5.63. The van der Waals surface area contributed by atoms with E-state index in [9.17, 15) is 14.9 Å². The van der Waals surface area contributed by atoms with Gasteiger partial charge in [-0.15, -0.1) is 0 Å². The van der Waals surface area contributed by atoms with Gasteiger partial charge >= 0.3 is 0 Å². The third kappa shape index (κ3) is 3.29. The molecule has 0 aliphatic heterocycles. The smallest absolute Gasteiger partial charge is 0.270 e. The van der Waals surface area contributed by atoms with Crippen LogP contribution in [0, 0.1) is 10.1 Å². The van der Waals surface area contributed by atoms with Crippen LogP contribution in [0.1, 0.15) is 16.1 Å². The fourth-order valence-corrected chi connectivity index (χ4v) is 1.43. The minimum atomic E-state index is -0.484. The summed E-state index contributed by atoms with van der Waals surface area (Å²) < 4.78 is 0. The Kier molecular flexibility index (Phi) is 3.72. The van der Waals surface area contributed by atoms with E-state index in [2.05, 4.69) is 9.97 Å². The summed E-state index contributed by atoms with van der Waals surface area (Å²) in [4.78, 5) is 29.5. The van der Waals surface area contributed by atoms with Crippen LogP contribution >= 0.6 is 0 Å². The zero-order valence-corrected chi connectivity index (χ0v) is 9.76. The Morgan fingerprint density at radius 1 is 1.32 bits per heavy atom. The molecule has 0 spiro atoms. The van der Waals surface area contributed by atoms with Crippen molar-refractivity contribution in [2.75, 3.05) is 0 Å². The van der Waals surface area contributed by atoms with E-state index in [-0.39, 0.29) is 17.2 Å². The fourth-order valence-electron chi connectivity index (χ4n) is 1.43. The van der Waals surface area contributed by atoms with E-state index in [1.165, 1.54) is 42.9 Å². The number of hydrogen-bond donors (Lipinski definition) is 0. The molecule has 2 aromatic rings. The molecule has 1 heterocycles. The Bertz CT molecular complexity index is 639. The Labute approximate surface area is 108 Å². The second-order valence-electron chi connectivity index (χ2n) is 3.64. The van der Waals surface area contributed by atoms with Gasteiger partial charge < -0.3 is 0 Å². The highest BCUT2D eigenvalue weighted by molar-refractivity contribution is 6.05. The molecule has 0 saturated carbocycles. The summed E-state index contributed by atoms with van der Waals surface area (Å²) >= 11 is 0. The van der Waals surface area contributed by atoms with E-state index >= 15 is 0 Å². The van der Waals surface area contributed by atoms with Crippen molar-refractivity contribution in [3.8, 4) is 0 Å². The molecule has 2 rings (SSSR count). The predicted octanol–water partition coefficient (Wildman–Crippen LogP) is 2.28. The molecule has 0 fully saturated rings. The van der Waals surface area contributed by atoms with Crippen LogP contribution in [0.5, 0.6) is 0 Å². The number of aromatic nitrogens is 2. The molecular weight excluding hydrogens is 246 g/mol. The fraction of sp³-hybridized carbons (Fsp3) is 0. The number of non-ortho nitro benzene ring substituents is 1. The summed E-state index contributed by atoms with van der Waals surface area (Å²) in [5.74, 6) is -0.306. The molecule has 0 atom stereocenters. The van der Waals surface area contributed by atoms with Gasteiger partial charge in [0.25, 0.3) is 5.69 Å². The monoisotopic (exact) mass is 255 g/mol. The highest BCUT2D eigenvalue weighted by atomic mass is 16.6. The van der Waals surface area contributed by atoms with Crippen LogP contribution in [0.3, 0.4) is 0 Å². The summed E-state index contributed by atoms with van der Waals surface area (Å²) in [6.45, 7) is 0. The van der Waals surface area contributed by atoms with E-state index in [0.717, 1.165) is 0 Å². The topological polar surface area (TPSA) is 86.0 Å². The standard InChI is InChI=1S/C13H9N3O3/c17-13(12-9-14-6-7-15-12)5-4-10-2-1-3-11(8-10)16(18)19/h1-9H/b5-4+. The number of benzene rings is 1. The molecule has 6 heteroatoms. The number of carbonyl (C=O) groups excluding carboxylic acids is 1. The first kappa shape index (κ1) is 12.6. The number of hydrogen-bond acceptors (Lipinski definition) is 5. The summed E-state index contributed by atoms with van der Waals surface area (Å²) in [6.07, 6.45) is 7.07. The highest BCUT2D eigenvalue weighted by Gasteiger charge is 2.05. The number of nitrogens with zero attached hydrogens (tertiary/aromatic N) is 3. The lowest BCUT2D eigenvalue weighted by molar-refractivity contribution is -0.384. The van der Waals surface area contributed by atoms with Gasteiger partial charge in [-0.1, -0.05) is 18.2 Å². The third-order valence-corrected chi connectivity index (χ3v) is 2.32. The van der Waals surface area contributed by atoms with Gasteiger partial charge in [-0.25, -0.2) is 4.98 Å². The van der Waals surface area contributed by atoms with Crippen molar-refractivity contribution >= 4 is 17.5 Å². The minimum absolute atomic E-state index is 0.0194. The molecule has 0 saturated heterocycles. The number of nitro benzene ring substituents is 1. The van der Waals surface area contributed by atoms with Crippen molar-refractivity contribution in [3.05, 3.63) is 70.3 Å². The quantitative estimate of drug-likeness (QED) is 0.362. The largest absolute Gasteiger partial charge is 0.287 e. The molecule has 0 amide bonds. The van der Waals surface area contributed by atoms with Gasteiger partial charge in [0.15, 0.2) is 0 Å². The van der Waals surface area contributed by atoms with Crippen molar-refractivity contribution in [1.29, 1.82) is 0 Å². The maximum absolute atomic E-state index is 11.7. The first-order chi connectivity index (χ1) is 9.16. The summed E-state index contributed by atoms with van der Waals surface area (Å²) in [7, 11) is 0. The lowest BCUT2D eigenvalue weighted by Crippen LogP contribution is -1.98. The van der Waals surface area contributed by atoms with Crippen molar-refractivity contribution in [3.63, 3.8) is 0 Å². The molecule has 6 nitrogen and oxygen atoms in total. The molecular formula is C13H9N3O3. The van der Waals surface area contributed by atoms with E-state index in [0.29, 0.717) is 5.56 Å². The van der Waals surface area contributed by atoms with Gasteiger partial charge in [-0.05, 0) is 11.6 Å².